The number of urea groups is 1. The summed E-state index contributed by atoms with van der Waals surface area (Å²) in [6.07, 6.45) is 6.46. The standard InChI is InChI=1S/C13H24N2O3S/c1-10(19-2)5-8-14-12(18)15-13(9-11(16)17)6-3-4-7-13/h10H,3-9H2,1-2H3,(H,16,17)(H2,14,15,18). The van der Waals surface area contributed by atoms with Crippen molar-refractivity contribution >= 4 is 23.8 Å². The van der Waals surface area contributed by atoms with Crippen LogP contribution in [0.4, 0.5) is 4.79 Å². The van der Waals surface area contributed by atoms with Gasteiger partial charge in [0.15, 0.2) is 0 Å². The largest absolute Gasteiger partial charge is 0.481 e. The predicted octanol–water partition coefficient (Wildman–Crippen LogP) is 2.21. The summed E-state index contributed by atoms with van der Waals surface area (Å²) in [5.41, 5.74) is -0.541. The number of nitrogens with one attached hydrogen (secondary N) is 2. The summed E-state index contributed by atoms with van der Waals surface area (Å²) in [7, 11) is 0. The Morgan fingerprint density at radius 1 is 1.37 bits per heavy atom. The van der Waals surface area contributed by atoms with E-state index in [9.17, 15) is 9.59 Å². The zero-order valence-electron chi connectivity index (χ0n) is 11.7. The third kappa shape index (κ3) is 5.72. The van der Waals surface area contributed by atoms with Crippen molar-refractivity contribution in [2.75, 3.05) is 12.8 Å². The Kier molecular flexibility index (Phi) is 6.48. The van der Waals surface area contributed by atoms with Crippen LogP contribution in [0.25, 0.3) is 0 Å². The van der Waals surface area contributed by atoms with Crippen LogP contribution >= 0.6 is 11.8 Å². The molecule has 6 heteroatoms. The predicted molar refractivity (Wildman–Crippen MR) is 77.6 cm³/mol. The van der Waals surface area contributed by atoms with E-state index in [0.717, 1.165) is 32.1 Å². The zero-order valence-corrected chi connectivity index (χ0v) is 12.5. The number of rotatable bonds is 7. The zero-order chi connectivity index (χ0) is 14.3. The Labute approximate surface area is 118 Å². The number of aliphatic carboxylic acids is 1. The van der Waals surface area contributed by atoms with E-state index in [4.69, 9.17) is 5.11 Å². The molecule has 1 rings (SSSR count). The first-order chi connectivity index (χ1) is 8.97. The molecule has 1 aliphatic rings. The fraction of sp³-hybridized carbons (Fsp3) is 0.846. The number of hydrogen-bond acceptors (Lipinski definition) is 3. The van der Waals surface area contributed by atoms with Gasteiger partial charge in [-0.1, -0.05) is 19.8 Å². The summed E-state index contributed by atoms with van der Waals surface area (Å²) in [4.78, 5) is 22.7. The van der Waals surface area contributed by atoms with E-state index in [1.54, 1.807) is 11.8 Å². The Morgan fingerprint density at radius 2 is 2.00 bits per heavy atom. The molecule has 0 spiro atoms. The minimum Gasteiger partial charge on any atom is -0.481 e. The number of carbonyl (C=O) groups is 2. The first-order valence-electron chi connectivity index (χ1n) is 6.78. The van der Waals surface area contributed by atoms with Crippen LogP contribution in [-0.4, -0.2) is 40.7 Å². The van der Waals surface area contributed by atoms with E-state index >= 15 is 0 Å². The van der Waals surface area contributed by atoms with Crippen molar-refractivity contribution < 1.29 is 14.7 Å². The molecule has 0 bridgehead atoms. The van der Waals surface area contributed by atoms with Crippen molar-refractivity contribution in [3.8, 4) is 0 Å². The molecule has 0 aliphatic heterocycles. The molecule has 0 saturated heterocycles. The summed E-state index contributed by atoms with van der Waals surface area (Å²) >= 11 is 1.77. The molecule has 1 fully saturated rings. The number of carbonyl (C=O) groups excluding carboxylic acids is 1. The van der Waals surface area contributed by atoms with Gasteiger partial charge >= 0.3 is 12.0 Å². The van der Waals surface area contributed by atoms with E-state index in [0.29, 0.717) is 11.8 Å². The van der Waals surface area contributed by atoms with Crippen molar-refractivity contribution in [3.05, 3.63) is 0 Å². The van der Waals surface area contributed by atoms with Gasteiger partial charge in [0.1, 0.15) is 0 Å². The molecule has 0 aromatic heterocycles. The van der Waals surface area contributed by atoms with E-state index in [1.807, 2.05) is 6.26 Å². The van der Waals surface area contributed by atoms with Gasteiger partial charge in [0.2, 0.25) is 0 Å². The molecular weight excluding hydrogens is 264 g/mol. The lowest BCUT2D eigenvalue weighted by atomic mass is 9.93. The summed E-state index contributed by atoms with van der Waals surface area (Å²) in [5, 5.41) is 15.2. The second-order valence-corrected chi connectivity index (χ2v) is 6.55. The van der Waals surface area contributed by atoms with Crippen LogP contribution in [0.1, 0.15) is 45.4 Å². The molecule has 0 aromatic rings. The van der Waals surface area contributed by atoms with Gasteiger partial charge in [-0.3, -0.25) is 4.79 Å². The smallest absolute Gasteiger partial charge is 0.315 e. The molecule has 2 amide bonds. The highest BCUT2D eigenvalue weighted by Crippen LogP contribution is 2.32. The summed E-state index contributed by atoms with van der Waals surface area (Å²) in [6, 6.07) is -0.239. The van der Waals surface area contributed by atoms with Gasteiger partial charge in [-0.25, -0.2) is 4.79 Å². The number of thioether (sulfide) groups is 1. The quantitative estimate of drug-likeness (QED) is 0.671. The van der Waals surface area contributed by atoms with Crippen molar-refractivity contribution in [1.29, 1.82) is 0 Å². The van der Waals surface area contributed by atoms with E-state index in [1.165, 1.54) is 0 Å². The van der Waals surface area contributed by atoms with Crippen LogP contribution in [0.15, 0.2) is 0 Å². The number of carboxylic acid groups (broad SMARTS) is 1. The van der Waals surface area contributed by atoms with E-state index in [2.05, 4.69) is 17.6 Å². The van der Waals surface area contributed by atoms with Gasteiger partial charge in [0, 0.05) is 11.8 Å². The molecule has 1 atom stereocenters. The maximum absolute atomic E-state index is 11.8. The van der Waals surface area contributed by atoms with Crippen LogP contribution in [0, 0.1) is 0 Å². The van der Waals surface area contributed by atoms with E-state index in [-0.39, 0.29) is 12.5 Å². The topological polar surface area (TPSA) is 78.4 Å². The molecule has 1 aliphatic carbocycles. The SMILES string of the molecule is CSC(C)CCNC(=O)NC1(CC(=O)O)CCCC1. The molecule has 0 radical (unpaired) electrons. The third-order valence-electron chi connectivity index (χ3n) is 3.67. The van der Waals surface area contributed by atoms with Crippen LogP contribution < -0.4 is 10.6 Å². The first-order valence-corrected chi connectivity index (χ1v) is 8.07. The highest BCUT2D eigenvalue weighted by atomic mass is 32.2. The molecule has 5 nitrogen and oxygen atoms in total. The van der Waals surface area contributed by atoms with Crippen molar-refractivity contribution in [2.45, 2.75) is 56.2 Å². The summed E-state index contributed by atoms with van der Waals surface area (Å²) < 4.78 is 0. The molecule has 19 heavy (non-hydrogen) atoms. The maximum Gasteiger partial charge on any atom is 0.315 e. The average Bonchev–Trinajstić information content (AvgIpc) is 2.75. The minimum atomic E-state index is -0.849. The Morgan fingerprint density at radius 3 is 2.53 bits per heavy atom. The first kappa shape index (κ1) is 16.1. The van der Waals surface area contributed by atoms with Crippen molar-refractivity contribution in [2.24, 2.45) is 0 Å². The molecule has 1 saturated carbocycles. The normalized spacial score (nSPS) is 18.8. The maximum atomic E-state index is 11.8. The number of hydrogen-bond donors (Lipinski definition) is 3. The molecule has 110 valence electrons. The summed E-state index contributed by atoms with van der Waals surface area (Å²) in [6.45, 7) is 2.74. The molecular formula is C13H24N2O3S. The van der Waals surface area contributed by atoms with Crippen LogP contribution in [0.3, 0.4) is 0 Å². The summed E-state index contributed by atoms with van der Waals surface area (Å²) in [5.74, 6) is -0.849. The highest BCUT2D eigenvalue weighted by molar-refractivity contribution is 7.99. The van der Waals surface area contributed by atoms with Gasteiger partial charge in [-0.15, -0.1) is 0 Å². The van der Waals surface area contributed by atoms with Gasteiger partial charge in [-0.2, -0.15) is 11.8 Å². The molecule has 3 N–H and O–H groups in total. The fourth-order valence-electron chi connectivity index (χ4n) is 2.48. The van der Waals surface area contributed by atoms with Gasteiger partial charge < -0.3 is 15.7 Å². The van der Waals surface area contributed by atoms with Gasteiger partial charge in [0.25, 0.3) is 0 Å². The van der Waals surface area contributed by atoms with Crippen LogP contribution in [0.2, 0.25) is 0 Å². The lowest BCUT2D eigenvalue weighted by molar-refractivity contribution is -0.138. The minimum absolute atomic E-state index is 0.0155. The monoisotopic (exact) mass is 288 g/mol. The van der Waals surface area contributed by atoms with Crippen LogP contribution in [0.5, 0.6) is 0 Å². The Bertz CT molecular complexity index is 317. The Hall–Kier alpha value is -0.910. The van der Waals surface area contributed by atoms with Crippen molar-refractivity contribution in [1.82, 2.24) is 10.6 Å². The van der Waals surface area contributed by atoms with Crippen molar-refractivity contribution in [3.63, 3.8) is 0 Å². The fourth-order valence-corrected chi connectivity index (χ4v) is 2.83. The van der Waals surface area contributed by atoms with Gasteiger partial charge in [0.05, 0.1) is 12.0 Å². The number of amides is 2. The Balaban J connectivity index is 2.37. The lowest BCUT2D eigenvalue weighted by Gasteiger charge is -2.28. The van der Waals surface area contributed by atoms with Gasteiger partial charge in [-0.05, 0) is 25.5 Å². The van der Waals surface area contributed by atoms with E-state index < -0.39 is 11.5 Å². The second kappa shape index (κ2) is 7.62. The lowest BCUT2D eigenvalue weighted by Crippen LogP contribution is -2.51. The molecule has 0 heterocycles. The highest BCUT2D eigenvalue weighted by Gasteiger charge is 2.37. The van der Waals surface area contributed by atoms with Crippen LogP contribution in [-0.2, 0) is 4.79 Å². The molecule has 0 aromatic carbocycles. The second-order valence-electron chi connectivity index (χ2n) is 5.27. The number of carboxylic acids is 1. The molecule has 1 unspecified atom stereocenters. The third-order valence-corrected chi connectivity index (χ3v) is 4.71. The average molecular weight is 288 g/mol.